The molecular formula is C19H23N3O2S. The number of nitrogens with zero attached hydrogens (tertiary/aromatic N) is 1. The second-order valence-corrected chi connectivity index (χ2v) is 7.59. The number of nitrogens with one attached hydrogen (secondary N) is 2. The third-order valence-electron chi connectivity index (χ3n) is 5.91. The highest BCUT2D eigenvalue weighted by Gasteiger charge is 2.52. The Morgan fingerprint density at radius 3 is 3.08 bits per heavy atom. The molecule has 132 valence electrons. The second kappa shape index (κ2) is 6.67. The topological polar surface area (TPSA) is 65.9 Å². The Labute approximate surface area is 153 Å². The molecule has 2 saturated carbocycles. The minimum absolute atomic E-state index is 0.111. The van der Waals surface area contributed by atoms with E-state index in [1.54, 1.807) is 24.4 Å². The number of ether oxygens (including phenoxy) is 1. The van der Waals surface area contributed by atoms with Gasteiger partial charge in [0.15, 0.2) is 16.6 Å². The summed E-state index contributed by atoms with van der Waals surface area (Å²) in [7, 11) is 1.52. The highest BCUT2D eigenvalue weighted by Crippen LogP contribution is 2.56. The lowest BCUT2D eigenvalue weighted by atomic mass is 9.79. The van der Waals surface area contributed by atoms with Gasteiger partial charge in [0.25, 0.3) is 0 Å². The van der Waals surface area contributed by atoms with E-state index in [2.05, 4.69) is 28.0 Å². The molecule has 0 saturated heterocycles. The van der Waals surface area contributed by atoms with Gasteiger partial charge in [0.1, 0.15) is 0 Å². The van der Waals surface area contributed by atoms with E-state index in [1.165, 1.54) is 26.4 Å². The number of hydrogen-bond donors (Lipinski definition) is 3. The predicted molar refractivity (Wildman–Crippen MR) is 102 cm³/mol. The van der Waals surface area contributed by atoms with Crippen molar-refractivity contribution in [3.63, 3.8) is 0 Å². The first-order valence-corrected chi connectivity index (χ1v) is 9.20. The van der Waals surface area contributed by atoms with Crippen molar-refractivity contribution in [2.75, 3.05) is 7.11 Å². The number of allylic oxidation sites excluding steroid dienone is 2. The molecule has 5 atom stereocenters. The molecule has 0 heterocycles. The normalized spacial score (nSPS) is 32.1. The van der Waals surface area contributed by atoms with Gasteiger partial charge in [0.05, 0.1) is 13.3 Å². The summed E-state index contributed by atoms with van der Waals surface area (Å²) in [5, 5.41) is 17.8. The molecule has 3 aliphatic carbocycles. The Balaban J connectivity index is 1.30. The number of hydrazone groups is 1. The molecule has 1 aromatic carbocycles. The summed E-state index contributed by atoms with van der Waals surface area (Å²) in [6.45, 7) is 0. The lowest BCUT2D eigenvalue weighted by Crippen LogP contribution is -2.45. The maximum Gasteiger partial charge on any atom is 0.187 e. The Morgan fingerprint density at radius 2 is 2.24 bits per heavy atom. The van der Waals surface area contributed by atoms with Crippen molar-refractivity contribution in [2.45, 2.75) is 25.3 Å². The molecule has 25 heavy (non-hydrogen) atoms. The lowest BCUT2D eigenvalue weighted by molar-refractivity contribution is 0.246. The average molecular weight is 357 g/mol. The van der Waals surface area contributed by atoms with Crippen LogP contribution in [-0.2, 0) is 0 Å². The summed E-state index contributed by atoms with van der Waals surface area (Å²) < 4.78 is 5.09. The molecular weight excluding hydrogens is 334 g/mol. The third-order valence-corrected chi connectivity index (χ3v) is 6.12. The molecule has 1 aromatic rings. The van der Waals surface area contributed by atoms with Gasteiger partial charge in [-0.2, -0.15) is 5.10 Å². The van der Waals surface area contributed by atoms with Gasteiger partial charge in [-0.3, -0.25) is 5.43 Å². The summed E-state index contributed by atoms with van der Waals surface area (Å²) in [4.78, 5) is 0. The van der Waals surface area contributed by atoms with Gasteiger partial charge in [-0.05, 0) is 78.9 Å². The number of hydrogen-bond acceptors (Lipinski definition) is 4. The average Bonchev–Trinajstić information content (AvgIpc) is 3.29. The van der Waals surface area contributed by atoms with Crippen LogP contribution in [0.5, 0.6) is 11.5 Å². The highest BCUT2D eigenvalue weighted by atomic mass is 32.1. The molecule has 3 N–H and O–H groups in total. The zero-order valence-corrected chi connectivity index (χ0v) is 15.0. The van der Waals surface area contributed by atoms with Crippen molar-refractivity contribution >= 4 is 23.5 Å². The summed E-state index contributed by atoms with van der Waals surface area (Å²) in [6, 6.07) is 5.52. The SMILES string of the molecule is COc1cc(/C=N\NC(=S)N[C@H]2C[C@@H]3C[C@@H]2[C@@H]2C=CC[C@@H]32)ccc1O. The molecule has 2 bridgehead atoms. The Bertz CT molecular complexity index is 733. The van der Waals surface area contributed by atoms with Crippen molar-refractivity contribution < 1.29 is 9.84 Å². The maximum absolute atomic E-state index is 9.60. The molecule has 3 aliphatic rings. The largest absolute Gasteiger partial charge is 0.504 e. The van der Waals surface area contributed by atoms with Crippen LogP contribution in [0.1, 0.15) is 24.8 Å². The van der Waals surface area contributed by atoms with Crippen LogP contribution < -0.4 is 15.5 Å². The molecule has 0 aliphatic heterocycles. The van der Waals surface area contributed by atoms with Crippen molar-refractivity contribution in [1.29, 1.82) is 0 Å². The van der Waals surface area contributed by atoms with Gasteiger partial charge in [-0.25, -0.2) is 0 Å². The monoisotopic (exact) mass is 357 g/mol. The van der Waals surface area contributed by atoms with Crippen molar-refractivity contribution in [1.82, 2.24) is 10.7 Å². The number of phenols is 1. The minimum Gasteiger partial charge on any atom is -0.504 e. The second-order valence-electron chi connectivity index (χ2n) is 7.18. The van der Waals surface area contributed by atoms with Gasteiger partial charge in [0.2, 0.25) is 0 Å². The zero-order chi connectivity index (χ0) is 17.4. The van der Waals surface area contributed by atoms with E-state index >= 15 is 0 Å². The summed E-state index contributed by atoms with van der Waals surface area (Å²) in [5.41, 5.74) is 3.72. The van der Waals surface area contributed by atoms with E-state index in [9.17, 15) is 5.11 Å². The number of rotatable bonds is 4. The Morgan fingerprint density at radius 1 is 1.36 bits per heavy atom. The van der Waals surface area contributed by atoms with E-state index < -0.39 is 0 Å². The number of fused-ring (bicyclic) bond motifs is 5. The zero-order valence-electron chi connectivity index (χ0n) is 14.2. The third kappa shape index (κ3) is 3.11. The Hall–Kier alpha value is -2.08. The first-order valence-electron chi connectivity index (χ1n) is 8.79. The van der Waals surface area contributed by atoms with Gasteiger partial charge in [-0.1, -0.05) is 12.2 Å². The number of phenolic OH excluding ortho intramolecular Hbond substituents is 1. The minimum atomic E-state index is 0.111. The quantitative estimate of drug-likeness (QED) is 0.335. The maximum atomic E-state index is 9.60. The molecule has 6 heteroatoms. The first-order chi connectivity index (χ1) is 12.2. The molecule has 0 radical (unpaired) electrons. The van der Waals surface area contributed by atoms with Crippen LogP contribution >= 0.6 is 12.2 Å². The summed E-state index contributed by atoms with van der Waals surface area (Å²) in [5.74, 6) is 3.71. The lowest BCUT2D eigenvalue weighted by Gasteiger charge is -2.32. The molecule has 0 spiro atoms. The van der Waals surface area contributed by atoms with E-state index in [1.807, 2.05) is 0 Å². The molecule has 0 amide bonds. The fraction of sp³-hybridized carbons (Fsp3) is 0.474. The van der Waals surface area contributed by atoms with Gasteiger partial charge >= 0.3 is 0 Å². The molecule has 0 unspecified atom stereocenters. The molecule has 5 nitrogen and oxygen atoms in total. The van der Waals surface area contributed by atoms with Crippen LogP contribution in [-0.4, -0.2) is 29.6 Å². The van der Waals surface area contributed by atoms with Crippen molar-refractivity contribution in [3.05, 3.63) is 35.9 Å². The van der Waals surface area contributed by atoms with Crippen LogP contribution in [0.25, 0.3) is 0 Å². The van der Waals surface area contributed by atoms with Crippen molar-refractivity contribution in [2.24, 2.45) is 28.8 Å². The number of aromatic hydroxyl groups is 1. The summed E-state index contributed by atoms with van der Waals surface area (Å²) >= 11 is 5.39. The van der Waals surface area contributed by atoms with Gasteiger partial charge < -0.3 is 15.2 Å². The van der Waals surface area contributed by atoms with Crippen molar-refractivity contribution in [3.8, 4) is 11.5 Å². The van der Waals surface area contributed by atoms with E-state index in [0.717, 1.165) is 23.3 Å². The number of benzene rings is 1. The van der Waals surface area contributed by atoms with Crippen LogP contribution in [0.15, 0.2) is 35.5 Å². The summed E-state index contributed by atoms with van der Waals surface area (Å²) in [6.07, 6.45) is 10.2. The standard InChI is InChI=1S/C19H23N3O2S/c1-24-18-7-11(5-6-17(18)23)10-20-22-19(25)21-16-9-12-8-15(16)14-4-2-3-13(12)14/h2,4-7,10,12-16,23H,3,8-9H2,1H3,(H2,21,22,25)/b20-10-/t12-,13-,14+,15+,16-/m0/s1. The highest BCUT2D eigenvalue weighted by molar-refractivity contribution is 7.80. The van der Waals surface area contributed by atoms with Crippen LogP contribution in [0, 0.1) is 23.7 Å². The van der Waals surface area contributed by atoms with E-state index in [4.69, 9.17) is 17.0 Å². The Kier molecular flexibility index (Phi) is 4.37. The van der Waals surface area contributed by atoms with Gasteiger partial charge in [0, 0.05) is 6.04 Å². The number of methoxy groups -OCH3 is 1. The van der Waals surface area contributed by atoms with E-state index in [-0.39, 0.29) is 5.75 Å². The number of thiocarbonyl (C=S) groups is 1. The predicted octanol–water partition coefficient (Wildman–Crippen LogP) is 2.80. The van der Waals surface area contributed by atoms with Crippen LogP contribution in [0.3, 0.4) is 0 Å². The smallest absolute Gasteiger partial charge is 0.187 e. The van der Waals surface area contributed by atoms with E-state index in [0.29, 0.717) is 22.8 Å². The fourth-order valence-corrected chi connectivity index (χ4v) is 5.06. The first kappa shape index (κ1) is 16.4. The van der Waals surface area contributed by atoms with Gasteiger partial charge in [-0.15, -0.1) is 0 Å². The fourth-order valence-electron chi connectivity index (χ4n) is 4.85. The van der Waals surface area contributed by atoms with Crippen LogP contribution in [0.2, 0.25) is 0 Å². The molecule has 4 rings (SSSR count). The molecule has 2 fully saturated rings. The van der Waals surface area contributed by atoms with Crippen LogP contribution in [0.4, 0.5) is 0 Å². The molecule has 0 aromatic heterocycles.